The predicted molar refractivity (Wildman–Crippen MR) is 82.3 cm³/mol. The van der Waals surface area contributed by atoms with E-state index in [2.05, 4.69) is 63.1 Å². The second-order valence-corrected chi connectivity index (χ2v) is 8.84. The van der Waals surface area contributed by atoms with Crippen LogP contribution in [-0.2, 0) is 0 Å². The molecular weight excluding hydrogens is 232 g/mol. The summed E-state index contributed by atoms with van der Waals surface area (Å²) in [6, 6.07) is 0. The van der Waals surface area contributed by atoms with Crippen molar-refractivity contribution in [2.24, 2.45) is 5.92 Å². The van der Waals surface area contributed by atoms with Crippen molar-refractivity contribution in [2.75, 3.05) is 0 Å². The molecule has 16 heavy (non-hydrogen) atoms. The van der Waals surface area contributed by atoms with Gasteiger partial charge in [0, 0.05) is 10.00 Å². The van der Waals surface area contributed by atoms with Crippen LogP contribution in [0.3, 0.4) is 0 Å². The van der Waals surface area contributed by atoms with Gasteiger partial charge in [0.2, 0.25) is 0 Å². The summed E-state index contributed by atoms with van der Waals surface area (Å²) >= 11 is 0. The van der Waals surface area contributed by atoms with Crippen LogP contribution in [0.1, 0.15) is 73.6 Å². The van der Waals surface area contributed by atoms with Gasteiger partial charge in [-0.25, -0.2) is 0 Å². The maximum absolute atomic E-state index is 2.35. The van der Waals surface area contributed by atoms with Crippen molar-refractivity contribution in [3.8, 4) is 0 Å². The van der Waals surface area contributed by atoms with Gasteiger partial charge in [-0.3, -0.25) is 0 Å². The van der Waals surface area contributed by atoms with E-state index in [1.165, 1.54) is 32.1 Å². The molecule has 0 radical (unpaired) electrons. The minimum absolute atomic E-state index is 0.390. The third-order valence-electron chi connectivity index (χ3n) is 2.67. The van der Waals surface area contributed by atoms with Crippen LogP contribution in [0, 0.1) is 5.92 Å². The zero-order valence-electron chi connectivity index (χ0n) is 12.0. The minimum atomic E-state index is 0.390. The van der Waals surface area contributed by atoms with Crippen LogP contribution in [0.5, 0.6) is 0 Å². The van der Waals surface area contributed by atoms with Gasteiger partial charge in [-0.15, -0.1) is 0 Å². The molecule has 0 spiro atoms. The smallest absolute Gasteiger partial charge is 0.0179 e. The van der Waals surface area contributed by atoms with Gasteiger partial charge in [0.25, 0.3) is 0 Å². The van der Waals surface area contributed by atoms with Gasteiger partial charge >= 0.3 is 0 Å². The van der Waals surface area contributed by atoms with Crippen molar-refractivity contribution >= 4 is 21.6 Å². The van der Waals surface area contributed by atoms with E-state index in [0.29, 0.717) is 4.75 Å². The summed E-state index contributed by atoms with van der Waals surface area (Å²) in [4.78, 5) is 0. The second kappa shape index (κ2) is 8.74. The molecule has 0 rings (SSSR count). The maximum Gasteiger partial charge on any atom is 0.0179 e. The Kier molecular flexibility index (Phi) is 9.12. The van der Waals surface area contributed by atoms with E-state index in [1.807, 2.05) is 0 Å². The van der Waals surface area contributed by atoms with E-state index in [4.69, 9.17) is 0 Å². The fourth-order valence-electron chi connectivity index (χ4n) is 1.94. The van der Waals surface area contributed by atoms with Crippen molar-refractivity contribution in [1.29, 1.82) is 0 Å². The number of rotatable bonds is 8. The Balaban J connectivity index is 4.19. The Bertz CT molecular complexity index is 155. The van der Waals surface area contributed by atoms with E-state index in [-0.39, 0.29) is 0 Å². The molecular formula is C14H30S2. The summed E-state index contributed by atoms with van der Waals surface area (Å²) in [7, 11) is 4.20. The van der Waals surface area contributed by atoms with Crippen LogP contribution < -0.4 is 0 Å². The summed E-state index contributed by atoms with van der Waals surface area (Å²) in [5, 5.41) is 0.851. The lowest BCUT2D eigenvalue weighted by molar-refractivity contribution is 0.419. The Morgan fingerprint density at radius 1 is 0.938 bits per heavy atom. The first-order valence-electron chi connectivity index (χ1n) is 6.79. The molecule has 0 bridgehead atoms. The molecule has 0 saturated heterocycles. The molecule has 0 N–H and O–H groups in total. The van der Waals surface area contributed by atoms with E-state index in [0.717, 1.165) is 11.2 Å². The molecule has 0 nitrogen and oxygen atoms in total. The summed E-state index contributed by atoms with van der Waals surface area (Å²) in [5.74, 6) is 0.930. The van der Waals surface area contributed by atoms with Crippen molar-refractivity contribution in [1.82, 2.24) is 0 Å². The molecule has 0 heterocycles. The molecule has 98 valence electrons. The third-order valence-corrected chi connectivity index (χ3v) is 6.76. The molecule has 0 fully saturated rings. The van der Waals surface area contributed by atoms with Crippen LogP contribution >= 0.6 is 21.6 Å². The van der Waals surface area contributed by atoms with E-state index < -0.39 is 0 Å². The molecule has 2 heteroatoms. The van der Waals surface area contributed by atoms with Crippen LogP contribution in [-0.4, -0.2) is 10.00 Å². The van der Waals surface area contributed by atoms with Gasteiger partial charge in [-0.1, -0.05) is 76.0 Å². The van der Waals surface area contributed by atoms with Crippen molar-refractivity contribution in [3.63, 3.8) is 0 Å². The highest BCUT2D eigenvalue weighted by atomic mass is 33.1. The van der Waals surface area contributed by atoms with E-state index >= 15 is 0 Å². The van der Waals surface area contributed by atoms with Crippen molar-refractivity contribution in [3.05, 3.63) is 0 Å². The van der Waals surface area contributed by atoms with Crippen LogP contribution in [0.15, 0.2) is 0 Å². The SMILES string of the molecule is CCCC(CCC)[C@H](CC)SSC(C)(C)C. The average molecular weight is 263 g/mol. The molecule has 0 amide bonds. The zero-order chi connectivity index (χ0) is 12.6. The lowest BCUT2D eigenvalue weighted by Gasteiger charge is -2.27. The Morgan fingerprint density at radius 3 is 1.75 bits per heavy atom. The quantitative estimate of drug-likeness (QED) is 0.480. The van der Waals surface area contributed by atoms with Crippen molar-refractivity contribution in [2.45, 2.75) is 83.6 Å². The summed E-state index contributed by atoms with van der Waals surface area (Å²) in [6.45, 7) is 13.9. The Hall–Kier alpha value is 0.700. The van der Waals surface area contributed by atoms with Gasteiger partial charge in [0.05, 0.1) is 0 Å². The van der Waals surface area contributed by atoms with Crippen LogP contribution in [0.25, 0.3) is 0 Å². The standard InChI is InChI=1S/C14H30S2/c1-7-10-12(11-8-2)13(9-3)15-16-14(4,5)6/h12-13H,7-11H2,1-6H3/t13-/m0/s1. The highest BCUT2D eigenvalue weighted by molar-refractivity contribution is 8.77. The first kappa shape index (κ1) is 16.7. The Morgan fingerprint density at radius 2 is 1.44 bits per heavy atom. The molecule has 0 aromatic heterocycles. The highest BCUT2D eigenvalue weighted by Gasteiger charge is 2.22. The van der Waals surface area contributed by atoms with Gasteiger partial charge in [-0.2, -0.15) is 0 Å². The van der Waals surface area contributed by atoms with Gasteiger partial charge in [0.1, 0.15) is 0 Å². The lowest BCUT2D eigenvalue weighted by Crippen LogP contribution is -2.17. The van der Waals surface area contributed by atoms with E-state index in [1.54, 1.807) is 0 Å². The molecule has 0 aliphatic heterocycles. The third kappa shape index (κ3) is 7.89. The molecule has 0 aromatic carbocycles. The highest BCUT2D eigenvalue weighted by Crippen LogP contribution is 2.43. The molecule has 1 atom stereocenters. The van der Waals surface area contributed by atoms with Crippen LogP contribution in [0.4, 0.5) is 0 Å². The summed E-state index contributed by atoms with van der Waals surface area (Å²) in [5.41, 5.74) is 0. The van der Waals surface area contributed by atoms with Gasteiger partial charge in [0.15, 0.2) is 0 Å². The Labute approximate surface area is 111 Å². The van der Waals surface area contributed by atoms with E-state index in [9.17, 15) is 0 Å². The molecule has 0 aromatic rings. The summed E-state index contributed by atoms with van der Waals surface area (Å²) in [6.07, 6.45) is 6.80. The fourth-order valence-corrected chi connectivity index (χ4v) is 5.04. The topological polar surface area (TPSA) is 0 Å². The first-order chi connectivity index (χ1) is 7.44. The molecule has 0 aliphatic rings. The molecule has 0 saturated carbocycles. The van der Waals surface area contributed by atoms with Crippen LogP contribution in [0.2, 0.25) is 0 Å². The average Bonchev–Trinajstić information content (AvgIpc) is 2.17. The largest absolute Gasteiger partial charge is 0.0899 e. The number of hydrogen-bond acceptors (Lipinski definition) is 2. The predicted octanol–water partition coefficient (Wildman–Crippen LogP) is 6.16. The monoisotopic (exact) mass is 262 g/mol. The fraction of sp³-hybridized carbons (Fsp3) is 1.00. The number of hydrogen-bond donors (Lipinski definition) is 0. The second-order valence-electron chi connectivity index (χ2n) is 5.58. The van der Waals surface area contributed by atoms with Crippen molar-refractivity contribution < 1.29 is 0 Å². The zero-order valence-corrected chi connectivity index (χ0v) is 13.6. The normalized spacial score (nSPS) is 14.4. The summed E-state index contributed by atoms with van der Waals surface area (Å²) < 4.78 is 0.390. The van der Waals surface area contributed by atoms with Gasteiger partial charge in [-0.05, 0) is 25.2 Å². The van der Waals surface area contributed by atoms with Gasteiger partial charge < -0.3 is 0 Å². The lowest BCUT2D eigenvalue weighted by atomic mass is 9.93. The molecule has 0 aliphatic carbocycles. The maximum atomic E-state index is 2.35. The minimum Gasteiger partial charge on any atom is -0.0899 e. The molecule has 0 unspecified atom stereocenters. The first-order valence-corrected chi connectivity index (χ1v) is 9.00.